The first kappa shape index (κ1) is 20.9. The minimum absolute atomic E-state index is 0.0125. The number of hydrogen-bond donors (Lipinski definition) is 1. The summed E-state index contributed by atoms with van der Waals surface area (Å²) in [6.45, 7) is 1.45. The minimum Gasteiger partial charge on any atom is -0.442 e. The molecule has 2 aromatic rings. The Bertz CT molecular complexity index is 950. The second kappa shape index (κ2) is 8.44. The molecule has 166 valence electrons. The summed E-state index contributed by atoms with van der Waals surface area (Å²) in [5, 5.41) is 10.4. The van der Waals surface area contributed by atoms with Crippen LogP contribution in [0.5, 0.6) is 0 Å². The Morgan fingerprint density at radius 2 is 1.90 bits per heavy atom. The molecule has 0 aliphatic carbocycles. The van der Waals surface area contributed by atoms with Crippen LogP contribution in [0.25, 0.3) is 0 Å². The molecular weight excluding hydrogens is 417 g/mol. The topological polar surface area (TPSA) is 92.6 Å². The van der Waals surface area contributed by atoms with Gasteiger partial charge in [0.05, 0.1) is 37.7 Å². The number of carbonyl (C=O) groups is 2. The lowest BCUT2D eigenvalue weighted by Gasteiger charge is -2.36. The van der Waals surface area contributed by atoms with Gasteiger partial charge in [-0.25, -0.2) is 18.0 Å². The zero-order valence-electron chi connectivity index (χ0n) is 16.7. The van der Waals surface area contributed by atoms with Crippen LogP contribution in [0.1, 0.15) is 19.4 Å². The van der Waals surface area contributed by atoms with Gasteiger partial charge in [0.15, 0.2) is 11.6 Å². The molecule has 31 heavy (non-hydrogen) atoms. The van der Waals surface area contributed by atoms with Crippen LogP contribution < -0.4 is 15.1 Å². The molecule has 12 heteroatoms. The highest BCUT2D eigenvalue weighted by molar-refractivity contribution is 5.90. The number of alkyl halides is 1. The molecule has 3 unspecified atom stereocenters. The second-order valence-corrected chi connectivity index (χ2v) is 7.48. The molecule has 2 amide bonds. The van der Waals surface area contributed by atoms with Gasteiger partial charge >= 0.3 is 6.09 Å². The third kappa shape index (κ3) is 4.28. The molecule has 1 aromatic heterocycles. The molecule has 2 fully saturated rings. The van der Waals surface area contributed by atoms with E-state index < -0.39 is 36.0 Å². The van der Waals surface area contributed by atoms with Gasteiger partial charge in [-0.05, 0) is 6.42 Å². The number of halogens is 3. The number of carbonyl (C=O) groups excluding carboxylic acids is 2. The molecule has 1 aromatic carbocycles. The summed E-state index contributed by atoms with van der Waals surface area (Å²) in [5.74, 6) is -2.10. The first-order valence-corrected chi connectivity index (χ1v) is 9.80. The van der Waals surface area contributed by atoms with Crippen molar-refractivity contribution in [2.24, 2.45) is 0 Å². The molecule has 0 bridgehead atoms. The third-order valence-corrected chi connectivity index (χ3v) is 5.32. The standard InChI is InChI=1S/C19H21F3N6O3/c1-11(29)23-8-13-9-27(19(30)31-13)12-6-14(20)18(15(21)7-12)26-5-2-17(16(22)10-26)28-24-3-4-25-28/h3-4,6-7,13,16-17H,2,5,8-10H2,1H3,(H,23,29). The molecule has 3 atom stereocenters. The van der Waals surface area contributed by atoms with Crippen LogP contribution in [0, 0.1) is 11.6 Å². The van der Waals surface area contributed by atoms with Crippen molar-refractivity contribution >= 4 is 23.4 Å². The van der Waals surface area contributed by atoms with Crippen LogP contribution in [0.2, 0.25) is 0 Å². The summed E-state index contributed by atoms with van der Waals surface area (Å²) in [7, 11) is 0. The molecule has 0 radical (unpaired) electrons. The van der Waals surface area contributed by atoms with Crippen molar-refractivity contribution in [2.75, 3.05) is 36.0 Å². The van der Waals surface area contributed by atoms with E-state index in [2.05, 4.69) is 15.5 Å². The van der Waals surface area contributed by atoms with Crippen molar-refractivity contribution in [1.29, 1.82) is 0 Å². The van der Waals surface area contributed by atoms with Crippen molar-refractivity contribution in [3.8, 4) is 0 Å². The van der Waals surface area contributed by atoms with Crippen molar-refractivity contribution in [2.45, 2.75) is 31.7 Å². The fourth-order valence-corrected chi connectivity index (χ4v) is 3.86. The largest absolute Gasteiger partial charge is 0.442 e. The summed E-state index contributed by atoms with van der Waals surface area (Å²) in [6.07, 6.45) is 0.354. The van der Waals surface area contributed by atoms with Crippen LogP contribution in [-0.2, 0) is 9.53 Å². The molecular formula is C19H21F3N6O3. The fourth-order valence-electron chi connectivity index (χ4n) is 3.86. The van der Waals surface area contributed by atoms with Crippen LogP contribution in [0.4, 0.5) is 29.3 Å². The maximum Gasteiger partial charge on any atom is 0.414 e. The summed E-state index contributed by atoms with van der Waals surface area (Å²) < 4.78 is 49.5. The number of nitrogens with zero attached hydrogens (tertiary/aromatic N) is 5. The normalized spacial score (nSPS) is 23.7. The van der Waals surface area contributed by atoms with E-state index in [1.165, 1.54) is 29.0 Å². The Hall–Kier alpha value is -3.31. The van der Waals surface area contributed by atoms with E-state index in [9.17, 15) is 22.8 Å². The smallest absolute Gasteiger partial charge is 0.414 e. The zero-order chi connectivity index (χ0) is 22.1. The van der Waals surface area contributed by atoms with Crippen molar-refractivity contribution in [1.82, 2.24) is 20.3 Å². The third-order valence-electron chi connectivity index (χ3n) is 5.32. The Kier molecular flexibility index (Phi) is 5.70. The number of cyclic esters (lactones) is 1. The average Bonchev–Trinajstić information content (AvgIpc) is 3.36. The molecule has 4 rings (SSSR count). The maximum atomic E-state index is 14.9. The van der Waals surface area contributed by atoms with Crippen molar-refractivity contribution in [3.05, 3.63) is 36.2 Å². The van der Waals surface area contributed by atoms with E-state index in [1.807, 2.05) is 0 Å². The first-order chi connectivity index (χ1) is 14.8. The van der Waals surface area contributed by atoms with Crippen molar-refractivity contribution in [3.63, 3.8) is 0 Å². The highest BCUT2D eigenvalue weighted by Crippen LogP contribution is 2.34. The number of aromatic nitrogens is 3. The lowest BCUT2D eigenvalue weighted by atomic mass is 10.0. The Balaban J connectivity index is 1.48. The molecule has 0 spiro atoms. The summed E-state index contributed by atoms with van der Waals surface area (Å²) >= 11 is 0. The number of rotatable bonds is 5. The molecule has 2 aliphatic rings. The van der Waals surface area contributed by atoms with E-state index in [4.69, 9.17) is 4.74 Å². The van der Waals surface area contributed by atoms with E-state index in [0.29, 0.717) is 0 Å². The number of amides is 2. The highest BCUT2D eigenvalue weighted by Gasteiger charge is 2.36. The quantitative estimate of drug-likeness (QED) is 0.766. The van der Waals surface area contributed by atoms with Crippen LogP contribution in [0.3, 0.4) is 0 Å². The van der Waals surface area contributed by atoms with E-state index in [0.717, 1.165) is 17.0 Å². The second-order valence-electron chi connectivity index (χ2n) is 7.48. The van der Waals surface area contributed by atoms with Gasteiger partial charge in [-0.3, -0.25) is 9.69 Å². The maximum absolute atomic E-state index is 14.9. The van der Waals surface area contributed by atoms with Crippen molar-refractivity contribution < 1.29 is 27.5 Å². The van der Waals surface area contributed by atoms with Crippen LogP contribution in [-0.4, -0.2) is 65.4 Å². The van der Waals surface area contributed by atoms with Gasteiger partial charge in [-0.15, -0.1) is 0 Å². The molecule has 0 saturated carbocycles. The van der Waals surface area contributed by atoms with Crippen LogP contribution in [0.15, 0.2) is 24.5 Å². The Labute approximate surface area is 175 Å². The predicted molar refractivity (Wildman–Crippen MR) is 103 cm³/mol. The SMILES string of the molecule is CC(=O)NCC1CN(c2cc(F)c(N3CCC(n4nccn4)C(F)C3)c(F)c2)C(=O)O1. The summed E-state index contributed by atoms with van der Waals surface area (Å²) in [5.41, 5.74) is -0.359. The molecule has 3 heterocycles. The number of hydrogen-bond acceptors (Lipinski definition) is 6. The number of nitrogens with one attached hydrogen (secondary N) is 1. The van der Waals surface area contributed by atoms with Crippen LogP contribution >= 0.6 is 0 Å². The van der Waals surface area contributed by atoms with Gasteiger partial charge in [0.2, 0.25) is 5.91 Å². The average molecular weight is 438 g/mol. The Morgan fingerprint density at radius 1 is 1.23 bits per heavy atom. The summed E-state index contributed by atoms with van der Waals surface area (Å²) in [6, 6.07) is 1.44. The predicted octanol–water partition coefficient (Wildman–Crippen LogP) is 1.81. The van der Waals surface area contributed by atoms with Gasteiger partial charge in [0, 0.05) is 25.6 Å². The molecule has 1 N–H and O–H groups in total. The van der Waals surface area contributed by atoms with Gasteiger partial charge in [-0.2, -0.15) is 15.0 Å². The number of anilines is 2. The molecule has 2 aliphatic heterocycles. The molecule has 9 nitrogen and oxygen atoms in total. The molecule has 2 saturated heterocycles. The number of ether oxygens (including phenoxy) is 1. The highest BCUT2D eigenvalue weighted by atomic mass is 19.1. The van der Waals surface area contributed by atoms with E-state index >= 15 is 0 Å². The Morgan fingerprint density at radius 3 is 2.52 bits per heavy atom. The summed E-state index contributed by atoms with van der Waals surface area (Å²) in [4.78, 5) is 26.8. The number of benzene rings is 1. The van der Waals surface area contributed by atoms with Gasteiger partial charge in [0.1, 0.15) is 24.0 Å². The zero-order valence-corrected chi connectivity index (χ0v) is 16.7. The monoisotopic (exact) mass is 438 g/mol. The van der Waals surface area contributed by atoms with E-state index in [1.54, 1.807) is 0 Å². The minimum atomic E-state index is -1.41. The van der Waals surface area contributed by atoms with E-state index in [-0.39, 0.29) is 49.9 Å². The van der Waals surface area contributed by atoms with Gasteiger partial charge in [0.25, 0.3) is 0 Å². The lowest BCUT2D eigenvalue weighted by molar-refractivity contribution is -0.119. The fraction of sp³-hybridized carbons (Fsp3) is 0.474. The lowest BCUT2D eigenvalue weighted by Crippen LogP contribution is -2.44. The number of piperidine rings is 1. The van der Waals surface area contributed by atoms with Gasteiger partial charge in [-0.1, -0.05) is 0 Å². The first-order valence-electron chi connectivity index (χ1n) is 9.80. The van der Waals surface area contributed by atoms with Gasteiger partial charge < -0.3 is 15.0 Å².